The minimum absolute atomic E-state index is 0.00862. The van der Waals surface area contributed by atoms with Crippen molar-refractivity contribution in [3.63, 3.8) is 0 Å². The van der Waals surface area contributed by atoms with E-state index in [2.05, 4.69) is 0 Å². The van der Waals surface area contributed by atoms with Crippen molar-refractivity contribution in [1.29, 1.82) is 0 Å². The van der Waals surface area contributed by atoms with Crippen LogP contribution in [0, 0.1) is 0 Å². The maximum Gasteiger partial charge on any atom is 0.332 e. The van der Waals surface area contributed by atoms with Gasteiger partial charge in [-0.2, -0.15) is 0 Å². The Kier molecular flexibility index (Phi) is 5.54. The predicted molar refractivity (Wildman–Crippen MR) is 70.0 cm³/mol. The fourth-order valence-electron chi connectivity index (χ4n) is 1.59. The van der Waals surface area contributed by atoms with Gasteiger partial charge in [-0.25, -0.2) is 4.79 Å². The number of carboxylic acid groups (broad SMARTS) is 1. The molecular weight excluding hydrogens is 248 g/mol. The first-order valence-corrected chi connectivity index (χ1v) is 5.92. The molecule has 5 heteroatoms. The fourth-order valence-corrected chi connectivity index (χ4v) is 1.59. The van der Waals surface area contributed by atoms with Crippen LogP contribution in [-0.4, -0.2) is 39.1 Å². The van der Waals surface area contributed by atoms with Crippen LogP contribution in [0.1, 0.15) is 18.1 Å². The molecule has 19 heavy (non-hydrogen) atoms. The van der Waals surface area contributed by atoms with E-state index < -0.39 is 12.1 Å². The lowest BCUT2D eigenvalue weighted by Crippen LogP contribution is -2.21. The molecule has 0 saturated heterocycles. The molecule has 1 unspecified atom stereocenters. The summed E-state index contributed by atoms with van der Waals surface area (Å²) >= 11 is 0. The molecule has 0 bridgehead atoms. The third-order valence-electron chi connectivity index (χ3n) is 2.78. The van der Waals surface area contributed by atoms with Crippen LogP contribution < -0.4 is 0 Å². The van der Waals surface area contributed by atoms with Crippen LogP contribution in [0.15, 0.2) is 29.8 Å². The number of allylic oxidation sites excluding steroid dienone is 1. The molecule has 0 amide bonds. The normalized spacial score (nSPS) is 13.3. The molecule has 0 aliphatic heterocycles. The van der Waals surface area contributed by atoms with Gasteiger partial charge in [-0.05, 0) is 30.5 Å². The van der Waals surface area contributed by atoms with Gasteiger partial charge in [0.2, 0.25) is 0 Å². The molecule has 4 N–H and O–H groups in total. The average molecular weight is 266 g/mol. The summed E-state index contributed by atoms with van der Waals surface area (Å²) in [5.74, 6) is -1.17. The Bertz CT molecular complexity index is 479. The van der Waals surface area contributed by atoms with Crippen molar-refractivity contribution in [3.8, 4) is 5.75 Å². The van der Waals surface area contributed by atoms with Gasteiger partial charge in [-0.1, -0.05) is 23.8 Å². The standard InChI is InChI=1S/C14H18O5/c1-9(8-15)2-4-11-6-10(3-5-12(11)16)7-13(17)14(18)19/h2-3,5-6,13,15-17H,4,7-8H2,1H3,(H,18,19). The molecule has 0 fully saturated rings. The first-order valence-electron chi connectivity index (χ1n) is 5.92. The fraction of sp³-hybridized carbons (Fsp3) is 0.357. The summed E-state index contributed by atoms with van der Waals surface area (Å²) in [5.41, 5.74) is 2.05. The van der Waals surface area contributed by atoms with Crippen molar-refractivity contribution >= 4 is 5.97 Å². The molecule has 0 spiro atoms. The summed E-state index contributed by atoms with van der Waals surface area (Å²) in [6.45, 7) is 1.73. The molecule has 1 atom stereocenters. The van der Waals surface area contributed by atoms with Crippen molar-refractivity contribution in [2.45, 2.75) is 25.9 Å². The summed E-state index contributed by atoms with van der Waals surface area (Å²) in [6, 6.07) is 4.71. The monoisotopic (exact) mass is 266 g/mol. The van der Waals surface area contributed by atoms with Crippen LogP contribution in [0.4, 0.5) is 0 Å². The number of hydrogen-bond donors (Lipinski definition) is 4. The maximum atomic E-state index is 10.6. The van der Waals surface area contributed by atoms with Gasteiger partial charge in [0.05, 0.1) is 6.61 Å². The molecule has 1 aromatic carbocycles. The number of aliphatic carboxylic acids is 1. The van der Waals surface area contributed by atoms with Gasteiger partial charge in [0, 0.05) is 6.42 Å². The number of benzene rings is 1. The van der Waals surface area contributed by atoms with Crippen molar-refractivity contribution in [2.75, 3.05) is 6.61 Å². The van der Waals surface area contributed by atoms with Crippen molar-refractivity contribution in [3.05, 3.63) is 41.0 Å². The molecule has 0 aromatic heterocycles. The second-order valence-corrected chi connectivity index (χ2v) is 4.43. The number of phenolic OH excluding ortho intramolecular Hbond substituents is 1. The van der Waals surface area contributed by atoms with Gasteiger partial charge < -0.3 is 20.4 Å². The summed E-state index contributed by atoms with van der Waals surface area (Å²) in [6.07, 6.45) is 0.764. The first kappa shape index (κ1) is 15.2. The third-order valence-corrected chi connectivity index (χ3v) is 2.78. The highest BCUT2D eigenvalue weighted by atomic mass is 16.4. The molecule has 5 nitrogen and oxygen atoms in total. The lowest BCUT2D eigenvalue weighted by Gasteiger charge is -2.09. The Balaban J connectivity index is 2.85. The quantitative estimate of drug-likeness (QED) is 0.572. The Hall–Kier alpha value is -1.85. The highest BCUT2D eigenvalue weighted by Gasteiger charge is 2.14. The summed E-state index contributed by atoms with van der Waals surface area (Å²) in [7, 11) is 0. The zero-order valence-electron chi connectivity index (χ0n) is 10.7. The third kappa shape index (κ3) is 4.73. The molecule has 1 aromatic rings. The van der Waals surface area contributed by atoms with E-state index >= 15 is 0 Å². The van der Waals surface area contributed by atoms with E-state index in [4.69, 9.17) is 10.2 Å². The second kappa shape index (κ2) is 6.92. The van der Waals surface area contributed by atoms with Crippen LogP contribution >= 0.6 is 0 Å². The summed E-state index contributed by atoms with van der Waals surface area (Å²) in [5, 5.41) is 36.5. The van der Waals surface area contributed by atoms with Gasteiger partial charge in [0.1, 0.15) is 5.75 Å². The molecular formula is C14H18O5. The largest absolute Gasteiger partial charge is 0.508 e. The molecule has 0 saturated carbocycles. The Morgan fingerprint density at radius 3 is 2.68 bits per heavy atom. The number of hydrogen-bond acceptors (Lipinski definition) is 4. The lowest BCUT2D eigenvalue weighted by atomic mass is 10.0. The Morgan fingerprint density at radius 1 is 1.42 bits per heavy atom. The molecule has 0 aliphatic carbocycles. The van der Waals surface area contributed by atoms with Crippen molar-refractivity contribution in [2.24, 2.45) is 0 Å². The molecule has 0 radical (unpaired) electrons. The highest BCUT2D eigenvalue weighted by molar-refractivity contribution is 5.72. The highest BCUT2D eigenvalue weighted by Crippen LogP contribution is 2.20. The number of aliphatic hydroxyl groups excluding tert-OH is 2. The number of phenols is 1. The average Bonchev–Trinajstić information content (AvgIpc) is 2.38. The van der Waals surface area contributed by atoms with Gasteiger partial charge >= 0.3 is 5.97 Å². The summed E-state index contributed by atoms with van der Waals surface area (Å²) < 4.78 is 0. The van der Waals surface area contributed by atoms with E-state index in [0.717, 1.165) is 5.57 Å². The number of carboxylic acids is 1. The molecule has 0 heterocycles. The van der Waals surface area contributed by atoms with E-state index in [-0.39, 0.29) is 18.8 Å². The topological polar surface area (TPSA) is 98.0 Å². The Morgan fingerprint density at radius 2 is 2.11 bits per heavy atom. The lowest BCUT2D eigenvalue weighted by molar-refractivity contribution is -0.146. The predicted octanol–water partition coefficient (Wildman–Crippen LogP) is 0.861. The number of rotatable bonds is 6. The number of aromatic hydroxyl groups is 1. The second-order valence-electron chi connectivity index (χ2n) is 4.43. The van der Waals surface area contributed by atoms with E-state index in [1.165, 1.54) is 6.07 Å². The summed E-state index contributed by atoms with van der Waals surface area (Å²) in [4.78, 5) is 10.6. The number of carbonyl (C=O) groups is 1. The number of aliphatic hydroxyl groups is 2. The van der Waals surface area contributed by atoms with Crippen LogP contribution in [-0.2, 0) is 17.6 Å². The first-order chi connectivity index (χ1) is 8.93. The van der Waals surface area contributed by atoms with Crippen molar-refractivity contribution < 1.29 is 25.2 Å². The SMILES string of the molecule is CC(=CCc1cc(CC(O)C(=O)O)ccc1O)CO. The van der Waals surface area contributed by atoms with Crippen LogP contribution in [0.2, 0.25) is 0 Å². The van der Waals surface area contributed by atoms with Crippen LogP contribution in [0.5, 0.6) is 5.75 Å². The van der Waals surface area contributed by atoms with Gasteiger partial charge in [-0.15, -0.1) is 0 Å². The minimum Gasteiger partial charge on any atom is -0.508 e. The van der Waals surface area contributed by atoms with Crippen LogP contribution in [0.25, 0.3) is 0 Å². The van der Waals surface area contributed by atoms with E-state index in [9.17, 15) is 15.0 Å². The van der Waals surface area contributed by atoms with Gasteiger partial charge in [0.15, 0.2) is 6.10 Å². The maximum absolute atomic E-state index is 10.6. The molecule has 1 rings (SSSR count). The van der Waals surface area contributed by atoms with Gasteiger partial charge in [-0.3, -0.25) is 0 Å². The van der Waals surface area contributed by atoms with Crippen LogP contribution in [0.3, 0.4) is 0 Å². The zero-order valence-corrected chi connectivity index (χ0v) is 10.7. The minimum atomic E-state index is -1.45. The Labute approximate surface area is 111 Å². The molecule has 0 aliphatic rings. The van der Waals surface area contributed by atoms with E-state index in [0.29, 0.717) is 17.5 Å². The smallest absolute Gasteiger partial charge is 0.332 e. The van der Waals surface area contributed by atoms with E-state index in [1.807, 2.05) is 0 Å². The van der Waals surface area contributed by atoms with E-state index in [1.54, 1.807) is 25.1 Å². The zero-order chi connectivity index (χ0) is 14.4. The van der Waals surface area contributed by atoms with Gasteiger partial charge in [0.25, 0.3) is 0 Å². The molecule has 104 valence electrons. The van der Waals surface area contributed by atoms with Crippen molar-refractivity contribution in [1.82, 2.24) is 0 Å².